The van der Waals surface area contributed by atoms with Crippen LogP contribution in [0.1, 0.15) is 67.2 Å². The Hall–Kier alpha value is -1.61. The van der Waals surface area contributed by atoms with E-state index in [9.17, 15) is 13.8 Å². The number of amidine groups is 1. The van der Waals surface area contributed by atoms with Crippen molar-refractivity contribution in [2.24, 2.45) is 21.7 Å². The van der Waals surface area contributed by atoms with Crippen LogP contribution in [0.4, 0.5) is 0 Å². The lowest BCUT2D eigenvalue weighted by Gasteiger charge is -2.36. The van der Waals surface area contributed by atoms with E-state index in [4.69, 9.17) is 8.92 Å². The number of esters is 1. The molecule has 0 aromatic carbocycles. The van der Waals surface area contributed by atoms with E-state index in [1.165, 1.54) is 0 Å². The van der Waals surface area contributed by atoms with Gasteiger partial charge >= 0.3 is 12.0 Å². The molecule has 1 heterocycles. The standard InChI is InChI=1S/C13H25N2O2.C12H21NO3S/c1-12(2,3)13(8-9-13)10(16)17-11(14(4)5)15(6)7;1-11(2,3)12(5-6-12)10(14)13-7-8-17(4,15)16-9-13/h8-9H2,1-7H3;4-9H2,1-3H3/q+1;. The van der Waals surface area contributed by atoms with Crippen molar-refractivity contribution < 1.29 is 27.3 Å². The van der Waals surface area contributed by atoms with Gasteiger partial charge in [-0.05, 0) is 42.4 Å². The zero-order chi connectivity index (χ0) is 26.3. The van der Waals surface area contributed by atoms with Crippen LogP contribution in [0.15, 0.2) is 0 Å². The fraction of sp³-hybridized carbons (Fsp3) is 0.840. The molecule has 0 aromatic rings. The van der Waals surface area contributed by atoms with Gasteiger partial charge in [0.25, 0.3) is 0 Å². The SMILES string of the molecule is C=S1(=O)CCN(C(=O)C2(C(C)(C)C)CC2)CO1.CN(C)C(OC(=O)C1(C(C)(C)C)CC1)=[N+](C)C. The van der Waals surface area contributed by atoms with Gasteiger partial charge in [-0.15, -0.1) is 0 Å². The summed E-state index contributed by atoms with van der Waals surface area (Å²) in [5, 5.41) is 0. The minimum atomic E-state index is -2.40. The lowest BCUT2D eigenvalue weighted by molar-refractivity contribution is -0.479. The highest BCUT2D eigenvalue weighted by atomic mass is 32.2. The maximum absolute atomic E-state index is 12.5. The van der Waals surface area contributed by atoms with Gasteiger partial charge in [-0.3, -0.25) is 13.8 Å². The summed E-state index contributed by atoms with van der Waals surface area (Å²) in [4.78, 5) is 28.3. The molecule has 1 unspecified atom stereocenters. The van der Waals surface area contributed by atoms with Crippen LogP contribution in [-0.2, 0) is 28.3 Å². The average Bonchev–Trinajstić information content (AvgIpc) is 3.57. The van der Waals surface area contributed by atoms with Crippen LogP contribution in [0.25, 0.3) is 0 Å². The second-order valence-corrected chi connectivity index (χ2v) is 14.5. The largest absolute Gasteiger partial charge is 0.453 e. The van der Waals surface area contributed by atoms with E-state index in [-0.39, 0.29) is 40.3 Å². The highest BCUT2D eigenvalue weighted by Crippen LogP contribution is 2.60. The molecule has 0 spiro atoms. The number of hydrogen-bond acceptors (Lipinski definition) is 5. The number of amides is 1. The first-order valence-electron chi connectivity index (χ1n) is 12.0. The fourth-order valence-electron chi connectivity index (χ4n) is 4.55. The first-order chi connectivity index (χ1) is 15.3. The van der Waals surface area contributed by atoms with Crippen LogP contribution in [0, 0.1) is 21.7 Å². The molecule has 3 aliphatic rings. The second kappa shape index (κ2) is 9.45. The van der Waals surface area contributed by atoms with E-state index in [0.717, 1.165) is 25.7 Å². The van der Waals surface area contributed by atoms with Crippen molar-refractivity contribution in [3.05, 3.63) is 0 Å². The van der Waals surface area contributed by atoms with E-state index < -0.39 is 9.80 Å². The van der Waals surface area contributed by atoms with Crippen LogP contribution >= 0.6 is 0 Å². The van der Waals surface area contributed by atoms with Crippen molar-refractivity contribution in [2.45, 2.75) is 67.2 Å². The van der Waals surface area contributed by atoms with Crippen LogP contribution < -0.4 is 0 Å². The Bertz CT molecular complexity index is 913. The van der Waals surface area contributed by atoms with E-state index in [2.05, 4.69) is 47.4 Å². The maximum atomic E-state index is 12.5. The smallest absolute Gasteiger partial charge is 0.357 e. The zero-order valence-corrected chi connectivity index (χ0v) is 23.8. The number of hydrogen-bond donors (Lipinski definition) is 0. The summed E-state index contributed by atoms with van der Waals surface area (Å²) in [7, 11) is 5.09. The summed E-state index contributed by atoms with van der Waals surface area (Å²) >= 11 is 0. The highest BCUT2D eigenvalue weighted by Gasteiger charge is 2.60. The number of ether oxygens (including phenoxy) is 1. The fourth-order valence-corrected chi connectivity index (χ4v) is 5.49. The molecule has 1 saturated heterocycles. The molecule has 34 heavy (non-hydrogen) atoms. The normalized spacial score (nSPS) is 24.8. The predicted octanol–water partition coefficient (Wildman–Crippen LogP) is 2.81. The van der Waals surface area contributed by atoms with Crippen molar-refractivity contribution in [1.82, 2.24) is 9.80 Å². The molecule has 8 nitrogen and oxygen atoms in total. The average molecular weight is 501 g/mol. The van der Waals surface area contributed by atoms with Gasteiger partial charge in [-0.2, -0.15) is 0 Å². The van der Waals surface area contributed by atoms with Gasteiger partial charge in [0.15, 0.2) is 0 Å². The molecule has 3 fully saturated rings. The van der Waals surface area contributed by atoms with Gasteiger partial charge in [0, 0.05) is 6.54 Å². The van der Waals surface area contributed by atoms with E-state index in [1.807, 2.05) is 37.7 Å². The number of carbonyl (C=O) groups is 2. The Labute approximate surface area is 206 Å². The Morgan fingerprint density at radius 3 is 1.76 bits per heavy atom. The van der Waals surface area contributed by atoms with Gasteiger partial charge in [0.1, 0.15) is 6.73 Å². The number of rotatable bonds is 2. The van der Waals surface area contributed by atoms with Gasteiger partial charge in [-0.25, -0.2) is 13.7 Å². The molecule has 0 aromatic heterocycles. The molecular formula is C25H46N3O5S+. The van der Waals surface area contributed by atoms with Crippen molar-refractivity contribution in [1.29, 1.82) is 0 Å². The molecule has 2 saturated carbocycles. The molecule has 1 aliphatic heterocycles. The highest BCUT2D eigenvalue weighted by molar-refractivity contribution is 7.96. The Balaban J connectivity index is 0.000000240. The van der Waals surface area contributed by atoms with Crippen molar-refractivity contribution in [3.63, 3.8) is 0 Å². The maximum Gasteiger partial charge on any atom is 0.453 e. The zero-order valence-electron chi connectivity index (χ0n) is 22.9. The predicted molar refractivity (Wildman–Crippen MR) is 137 cm³/mol. The van der Waals surface area contributed by atoms with Gasteiger partial charge < -0.3 is 9.64 Å². The summed E-state index contributed by atoms with van der Waals surface area (Å²) in [5.41, 5.74) is -0.568. The Kier molecular flexibility index (Phi) is 7.96. The van der Waals surface area contributed by atoms with Crippen LogP contribution in [0.2, 0.25) is 0 Å². The lowest BCUT2D eigenvalue weighted by Crippen LogP contribution is -2.48. The van der Waals surface area contributed by atoms with E-state index >= 15 is 0 Å². The van der Waals surface area contributed by atoms with E-state index in [1.54, 1.807) is 4.90 Å². The third-order valence-corrected chi connectivity index (χ3v) is 8.84. The van der Waals surface area contributed by atoms with Crippen molar-refractivity contribution in [2.75, 3.05) is 47.2 Å². The van der Waals surface area contributed by atoms with Gasteiger partial charge in [0.2, 0.25) is 5.91 Å². The molecule has 196 valence electrons. The molecule has 0 N–H and O–H groups in total. The molecular weight excluding hydrogens is 454 g/mol. The van der Waals surface area contributed by atoms with Crippen molar-refractivity contribution >= 4 is 33.6 Å². The Morgan fingerprint density at radius 1 is 1.00 bits per heavy atom. The molecule has 1 atom stereocenters. The van der Waals surface area contributed by atoms with Crippen LogP contribution in [0.5, 0.6) is 0 Å². The van der Waals surface area contributed by atoms with E-state index in [0.29, 0.717) is 18.3 Å². The molecule has 1 amide bonds. The van der Waals surface area contributed by atoms with Crippen LogP contribution in [-0.4, -0.2) is 89.6 Å². The minimum absolute atomic E-state index is 0.0204. The number of carbonyl (C=O) groups excluding carboxylic acids is 2. The van der Waals surface area contributed by atoms with Crippen molar-refractivity contribution in [3.8, 4) is 0 Å². The van der Waals surface area contributed by atoms with Gasteiger partial charge in [0.05, 0.1) is 54.6 Å². The monoisotopic (exact) mass is 500 g/mol. The third-order valence-electron chi connectivity index (χ3n) is 7.50. The molecule has 0 radical (unpaired) electrons. The molecule has 9 heteroatoms. The van der Waals surface area contributed by atoms with Gasteiger partial charge in [-0.1, -0.05) is 41.5 Å². The summed E-state index contributed by atoms with van der Waals surface area (Å²) in [6.45, 7) is 13.2. The topological polar surface area (TPSA) is 79.2 Å². The summed E-state index contributed by atoms with van der Waals surface area (Å²) < 4.78 is 24.1. The first kappa shape index (κ1) is 28.6. The Morgan fingerprint density at radius 2 is 1.47 bits per heavy atom. The lowest BCUT2D eigenvalue weighted by atomic mass is 9.76. The second-order valence-electron chi connectivity index (χ2n) is 12.4. The van der Waals surface area contributed by atoms with Crippen LogP contribution in [0.3, 0.4) is 0 Å². The summed E-state index contributed by atoms with van der Waals surface area (Å²) in [6.07, 6.45) is 3.77. The third kappa shape index (κ3) is 5.96. The first-order valence-corrected chi connectivity index (χ1v) is 13.8. The quantitative estimate of drug-likeness (QED) is 0.191. The molecule has 0 bridgehead atoms. The molecule has 2 aliphatic carbocycles. The summed E-state index contributed by atoms with van der Waals surface area (Å²) in [6, 6.07) is 0.588. The molecule has 3 rings (SSSR count). The minimum Gasteiger partial charge on any atom is -0.357 e. The number of nitrogens with zero attached hydrogens (tertiary/aromatic N) is 3. The summed E-state index contributed by atoms with van der Waals surface area (Å²) in [5.74, 6) is 3.92.